The molecule has 1 heterocycles. The Hall–Kier alpha value is -0.330. The average Bonchev–Trinajstić information content (AvgIpc) is 1.88. The second kappa shape index (κ2) is 2.73. The third-order valence-corrected chi connectivity index (χ3v) is 1.99. The van der Waals surface area contributed by atoms with Gasteiger partial charge in [0.15, 0.2) is 0 Å². The lowest BCUT2D eigenvalue weighted by Crippen LogP contribution is -2.22. The van der Waals surface area contributed by atoms with Gasteiger partial charge in [0.05, 0.1) is 0 Å². The van der Waals surface area contributed by atoms with Crippen molar-refractivity contribution in [2.75, 3.05) is 6.54 Å². The molecule has 0 amide bonds. The molecule has 0 bridgehead atoms. The van der Waals surface area contributed by atoms with Crippen LogP contribution in [0.2, 0.25) is 0 Å². The first-order valence-corrected chi connectivity index (χ1v) is 4.14. The standard InChI is InChI=1S/C9H17N/c1-9(2,3)8-6-4-5-7-10-8/h4-7H2,1-3H3. The van der Waals surface area contributed by atoms with E-state index in [9.17, 15) is 0 Å². The normalized spacial score (nSPS) is 20.5. The molecule has 0 spiro atoms. The van der Waals surface area contributed by atoms with E-state index >= 15 is 0 Å². The fourth-order valence-electron chi connectivity index (χ4n) is 1.31. The van der Waals surface area contributed by atoms with E-state index in [4.69, 9.17) is 0 Å². The van der Waals surface area contributed by atoms with Gasteiger partial charge in [0.25, 0.3) is 0 Å². The van der Waals surface area contributed by atoms with Crippen LogP contribution in [0.1, 0.15) is 40.0 Å². The van der Waals surface area contributed by atoms with Crippen LogP contribution in [-0.4, -0.2) is 12.3 Å². The summed E-state index contributed by atoms with van der Waals surface area (Å²) < 4.78 is 0. The van der Waals surface area contributed by atoms with Crippen molar-refractivity contribution in [2.45, 2.75) is 40.0 Å². The predicted molar refractivity (Wildman–Crippen MR) is 45.6 cm³/mol. The Labute approximate surface area is 63.5 Å². The van der Waals surface area contributed by atoms with Crippen molar-refractivity contribution in [1.29, 1.82) is 0 Å². The number of hydrogen-bond donors (Lipinski definition) is 0. The lowest BCUT2D eigenvalue weighted by Gasteiger charge is -2.24. The van der Waals surface area contributed by atoms with Crippen LogP contribution in [0.15, 0.2) is 4.99 Å². The summed E-state index contributed by atoms with van der Waals surface area (Å²) >= 11 is 0. The van der Waals surface area contributed by atoms with Crippen LogP contribution in [0.25, 0.3) is 0 Å². The maximum atomic E-state index is 4.52. The molecule has 0 unspecified atom stereocenters. The van der Waals surface area contributed by atoms with Crippen LogP contribution in [0.3, 0.4) is 0 Å². The SMILES string of the molecule is CC(C)(C)C1=NCCCC1. The van der Waals surface area contributed by atoms with Crippen LogP contribution in [-0.2, 0) is 0 Å². The van der Waals surface area contributed by atoms with Crippen molar-refractivity contribution < 1.29 is 0 Å². The molecule has 1 heteroatoms. The van der Waals surface area contributed by atoms with Crippen LogP contribution < -0.4 is 0 Å². The second-order valence-corrected chi connectivity index (χ2v) is 4.04. The van der Waals surface area contributed by atoms with Gasteiger partial charge in [-0.2, -0.15) is 0 Å². The topological polar surface area (TPSA) is 12.4 Å². The van der Waals surface area contributed by atoms with Gasteiger partial charge < -0.3 is 0 Å². The van der Waals surface area contributed by atoms with Crippen molar-refractivity contribution in [3.8, 4) is 0 Å². The molecule has 0 atom stereocenters. The zero-order valence-electron chi connectivity index (χ0n) is 7.28. The van der Waals surface area contributed by atoms with Gasteiger partial charge in [0.2, 0.25) is 0 Å². The van der Waals surface area contributed by atoms with E-state index in [2.05, 4.69) is 25.8 Å². The predicted octanol–water partition coefficient (Wildman–Crippen LogP) is 2.66. The number of nitrogens with zero attached hydrogens (tertiary/aromatic N) is 1. The Kier molecular flexibility index (Phi) is 2.12. The molecule has 1 rings (SSSR count). The lowest BCUT2D eigenvalue weighted by atomic mass is 9.86. The van der Waals surface area contributed by atoms with E-state index < -0.39 is 0 Å². The third-order valence-electron chi connectivity index (χ3n) is 1.99. The summed E-state index contributed by atoms with van der Waals surface area (Å²) in [6.45, 7) is 7.80. The fraction of sp³-hybridized carbons (Fsp3) is 0.889. The first-order valence-electron chi connectivity index (χ1n) is 4.14. The zero-order valence-corrected chi connectivity index (χ0v) is 7.28. The summed E-state index contributed by atoms with van der Waals surface area (Å²) in [5.74, 6) is 0. The van der Waals surface area contributed by atoms with E-state index in [0.717, 1.165) is 6.54 Å². The second-order valence-electron chi connectivity index (χ2n) is 4.04. The van der Waals surface area contributed by atoms with Gasteiger partial charge in [0.1, 0.15) is 0 Å². The van der Waals surface area contributed by atoms with Gasteiger partial charge in [-0.1, -0.05) is 20.8 Å². The van der Waals surface area contributed by atoms with Gasteiger partial charge in [0, 0.05) is 12.3 Å². The first-order chi connectivity index (χ1) is 4.61. The number of rotatable bonds is 0. The van der Waals surface area contributed by atoms with Gasteiger partial charge in [-0.25, -0.2) is 0 Å². The van der Waals surface area contributed by atoms with Gasteiger partial charge >= 0.3 is 0 Å². The van der Waals surface area contributed by atoms with Crippen molar-refractivity contribution >= 4 is 5.71 Å². The molecule has 0 aromatic carbocycles. The van der Waals surface area contributed by atoms with Gasteiger partial charge in [-0.3, -0.25) is 4.99 Å². The molecular weight excluding hydrogens is 122 g/mol. The summed E-state index contributed by atoms with van der Waals surface area (Å²) in [4.78, 5) is 4.52. The van der Waals surface area contributed by atoms with Crippen LogP contribution in [0.5, 0.6) is 0 Å². The smallest absolute Gasteiger partial charge is 0.0389 e. The number of hydrogen-bond acceptors (Lipinski definition) is 1. The Bertz CT molecular complexity index is 139. The van der Waals surface area contributed by atoms with Crippen LogP contribution >= 0.6 is 0 Å². The maximum absolute atomic E-state index is 4.52. The first kappa shape index (κ1) is 7.77. The van der Waals surface area contributed by atoms with Crippen molar-refractivity contribution in [3.63, 3.8) is 0 Å². The molecule has 58 valence electrons. The highest BCUT2D eigenvalue weighted by Crippen LogP contribution is 2.22. The van der Waals surface area contributed by atoms with Crippen LogP contribution in [0, 0.1) is 5.41 Å². The molecule has 1 nitrogen and oxygen atoms in total. The van der Waals surface area contributed by atoms with E-state index in [1.807, 2.05) is 0 Å². The minimum atomic E-state index is 0.320. The molecule has 0 aromatic heterocycles. The fourth-order valence-corrected chi connectivity index (χ4v) is 1.31. The molecular formula is C9H17N. The summed E-state index contributed by atoms with van der Waals surface area (Å²) in [5, 5.41) is 0. The third kappa shape index (κ3) is 1.83. The summed E-state index contributed by atoms with van der Waals surface area (Å²) in [7, 11) is 0. The van der Waals surface area contributed by atoms with E-state index in [-0.39, 0.29) is 0 Å². The van der Waals surface area contributed by atoms with Crippen molar-refractivity contribution in [2.24, 2.45) is 10.4 Å². The molecule has 0 fully saturated rings. The van der Waals surface area contributed by atoms with Crippen molar-refractivity contribution in [3.05, 3.63) is 0 Å². The highest BCUT2D eigenvalue weighted by molar-refractivity contribution is 5.89. The van der Waals surface area contributed by atoms with E-state index in [1.165, 1.54) is 25.0 Å². The molecule has 0 saturated carbocycles. The molecule has 1 aliphatic rings. The summed E-state index contributed by atoms with van der Waals surface area (Å²) in [5.41, 5.74) is 1.74. The summed E-state index contributed by atoms with van der Waals surface area (Å²) in [6, 6.07) is 0. The average molecular weight is 139 g/mol. The van der Waals surface area contributed by atoms with Crippen molar-refractivity contribution in [1.82, 2.24) is 0 Å². The van der Waals surface area contributed by atoms with Gasteiger partial charge in [-0.05, 0) is 24.7 Å². The largest absolute Gasteiger partial charge is 0.294 e. The number of aliphatic imine (C=N–C) groups is 1. The Morgan fingerprint density at radius 3 is 2.20 bits per heavy atom. The Morgan fingerprint density at radius 1 is 1.20 bits per heavy atom. The zero-order chi connectivity index (χ0) is 7.61. The van der Waals surface area contributed by atoms with E-state index in [1.54, 1.807) is 0 Å². The molecule has 0 saturated heterocycles. The Morgan fingerprint density at radius 2 is 1.90 bits per heavy atom. The highest BCUT2D eigenvalue weighted by atomic mass is 14.8. The van der Waals surface area contributed by atoms with Gasteiger partial charge in [-0.15, -0.1) is 0 Å². The molecule has 0 aromatic rings. The summed E-state index contributed by atoms with van der Waals surface area (Å²) in [6.07, 6.45) is 3.86. The Balaban J connectivity index is 2.62. The highest BCUT2D eigenvalue weighted by Gasteiger charge is 2.19. The molecule has 0 aliphatic carbocycles. The van der Waals surface area contributed by atoms with E-state index in [0.29, 0.717) is 5.41 Å². The minimum Gasteiger partial charge on any atom is -0.294 e. The molecule has 0 N–H and O–H groups in total. The quantitative estimate of drug-likeness (QED) is 0.489. The molecule has 0 radical (unpaired) electrons. The molecule has 10 heavy (non-hydrogen) atoms. The molecule has 1 aliphatic heterocycles. The lowest BCUT2D eigenvalue weighted by molar-refractivity contribution is 0.552. The maximum Gasteiger partial charge on any atom is 0.0389 e. The monoisotopic (exact) mass is 139 g/mol. The van der Waals surface area contributed by atoms with Crippen LogP contribution in [0.4, 0.5) is 0 Å². The minimum absolute atomic E-state index is 0.320.